The summed E-state index contributed by atoms with van der Waals surface area (Å²) in [6, 6.07) is 19.2. The molecule has 0 fully saturated rings. The molecule has 2 aromatic heterocycles. The van der Waals surface area contributed by atoms with Crippen LogP contribution in [0.2, 0.25) is 0 Å². The number of fused-ring (bicyclic) bond motifs is 1. The largest absolute Gasteiger partial charge is 0.325 e. The Labute approximate surface area is 161 Å². The van der Waals surface area contributed by atoms with Gasteiger partial charge >= 0.3 is 0 Å². The lowest BCUT2D eigenvalue weighted by molar-refractivity contribution is -0.117. The van der Waals surface area contributed by atoms with Gasteiger partial charge in [0, 0.05) is 22.8 Å². The Morgan fingerprint density at radius 1 is 1.00 bits per heavy atom. The highest BCUT2D eigenvalue weighted by atomic mass is 32.1. The number of hydrogen-bond donors (Lipinski definition) is 2. The van der Waals surface area contributed by atoms with Crippen molar-refractivity contribution in [2.75, 3.05) is 5.32 Å². The van der Waals surface area contributed by atoms with E-state index in [2.05, 4.69) is 27.8 Å². The average Bonchev–Trinajstić information content (AvgIpc) is 3.12. The van der Waals surface area contributed by atoms with Crippen molar-refractivity contribution in [3.05, 3.63) is 84.0 Å². The number of nitrogens with one attached hydrogen (secondary N) is 1. The molecule has 0 aliphatic heterocycles. The second-order valence-corrected chi connectivity index (χ2v) is 7.28. The van der Waals surface area contributed by atoms with Crippen molar-refractivity contribution in [1.82, 2.24) is 4.98 Å². The molecule has 1 amide bonds. The van der Waals surface area contributed by atoms with E-state index in [-0.39, 0.29) is 5.91 Å². The molecule has 1 atom stereocenters. The lowest BCUT2D eigenvalue weighted by atomic mass is 10.0. The minimum Gasteiger partial charge on any atom is -0.325 e. The Bertz CT molecular complexity index is 1060. The van der Waals surface area contributed by atoms with E-state index in [0.29, 0.717) is 6.42 Å². The molecule has 4 rings (SSSR count). The second-order valence-electron chi connectivity index (χ2n) is 6.37. The van der Waals surface area contributed by atoms with Gasteiger partial charge < -0.3 is 11.1 Å². The summed E-state index contributed by atoms with van der Waals surface area (Å²) in [6.45, 7) is 0. The lowest BCUT2D eigenvalue weighted by Gasteiger charge is -2.12. The van der Waals surface area contributed by atoms with E-state index in [0.717, 1.165) is 22.4 Å². The van der Waals surface area contributed by atoms with E-state index in [1.165, 1.54) is 10.1 Å². The topological polar surface area (TPSA) is 68.0 Å². The summed E-state index contributed by atoms with van der Waals surface area (Å²) >= 11 is 1.68. The number of aromatic nitrogens is 1. The van der Waals surface area contributed by atoms with Crippen LogP contribution in [0.3, 0.4) is 0 Å². The maximum atomic E-state index is 12.5. The van der Waals surface area contributed by atoms with E-state index in [9.17, 15) is 4.79 Å². The molecule has 0 bridgehead atoms. The molecule has 4 aromatic rings. The fraction of sp³-hybridized carbons (Fsp3) is 0.0909. The van der Waals surface area contributed by atoms with Gasteiger partial charge in [-0.2, -0.15) is 0 Å². The molecule has 3 N–H and O–H groups in total. The smallest absolute Gasteiger partial charge is 0.241 e. The number of rotatable bonds is 5. The maximum absolute atomic E-state index is 12.5. The van der Waals surface area contributed by atoms with Crippen LogP contribution in [-0.2, 0) is 11.2 Å². The molecule has 4 nitrogen and oxygen atoms in total. The summed E-state index contributed by atoms with van der Waals surface area (Å²) in [5.41, 5.74) is 10.2. The minimum atomic E-state index is -0.595. The van der Waals surface area contributed by atoms with E-state index >= 15 is 0 Å². The minimum absolute atomic E-state index is 0.179. The number of hydrogen-bond acceptors (Lipinski definition) is 4. The van der Waals surface area contributed by atoms with Crippen LogP contribution in [0.4, 0.5) is 5.69 Å². The highest BCUT2D eigenvalue weighted by Crippen LogP contribution is 2.26. The van der Waals surface area contributed by atoms with Gasteiger partial charge in [-0.25, -0.2) is 0 Å². The Balaban J connectivity index is 1.42. The lowest BCUT2D eigenvalue weighted by Crippen LogP contribution is -2.37. The van der Waals surface area contributed by atoms with Crippen molar-refractivity contribution in [1.29, 1.82) is 0 Å². The molecular weight excluding hydrogens is 354 g/mol. The van der Waals surface area contributed by atoms with Crippen LogP contribution in [0.15, 0.2) is 78.4 Å². The van der Waals surface area contributed by atoms with Crippen LogP contribution in [0.1, 0.15) is 5.56 Å². The van der Waals surface area contributed by atoms with Gasteiger partial charge in [0.05, 0.1) is 6.04 Å². The number of anilines is 1. The number of benzene rings is 2. The number of amides is 1. The molecule has 2 heterocycles. The standard InChI is InChI=1S/C22H19N3OS/c23-20(13-17-14-27-21-4-2-1-3-19(17)21)22(26)25-18-7-5-15(6-8-18)16-9-11-24-12-10-16/h1-12,14,20H,13,23H2,(H,25,26)/t20-/m1/s1. The highest BCUT2D eigenvalue weighted by Gasteiger charge is 2.16. The van der Waals surface area contributed by atoms with Crippen molar-refractivity contribution in [3.8, 4) is 11.1 Å². The Kier molecular flexibility index (Phi) is 4.96. The number of carbonyl (C=O) groups is 1. The van der Waals surface area contributed by atoms with E-state index in [1.807, 2.05) is 48.5 Å². The molecule has 0 aliphatic rings. The molecule has 0 saturated carbocycles. The van der Waals surface area contributed by atoms with Crippen LogP contribution >= 0.6 is 11.3 Å². The van der Waals surface area contributed by atoms with Crippen LogP contribution < -0.4 is 11.1 Å². The first-order valence-corrected chi connectivity index (χ1v) is 9.61. The zero-order valence-corrected chi connectivity index (χ0v) is 15.4. The maximum Gasteiger partial charge on any atom is 0.241 e. The normalized spacial score (nSPS) is 12.0. The monoisotopic (exact) mass is 373 g/mol. The first-order chi connectivity index (χ1) is 13.2. The van der Waals surface area contributed by atoms with E-state index in [4.69, 9.17) is 5.73 Å². The highest BCUT2D eigenvalue weighted by molar-refractivity contribution is 7.17. The Morgan fingerprint density at radius 3 is 2.48 bits per heavy atom. The van der Waals surface area contributed by atoms with Gasteiger partial charge in [0.25, 0.3) is 0 Å². The number of thiophene rings is 1. The third-order valence-corrected chi connectivity index (χ3v) is 5.52. The van der Waals surface area contributed by atoms with Crippen LogP contribution in [0.25, 0.3) is 21.2 Å². The summed E-state index contributed by atoms with van der Waals surface area (Å²) in [5, 5.41) is 6.17. The summed E-state index contributed by atoms with van der Waals surface area (Å²) < 4.78 is 1.21. The van der Waals surface area contributed by atoms with Gasteiger partial charge in [-0.3, -0.25) is 9.78 Å². The zero-order valence-electron chi connectivity index (χ0n) is 14.6. The molecule has 0 aliphatic carbocycles. The molecule has 0 spiro atoms. The summed E-state index contributed by atoms with van der Waals surface area (Å²) in [6.07, 6.45) is 4.04. The molecule has 134 valence electrons. The Hall–Kier alpha value is -3.02. The first kappa shape index (κ1) is 17.4. The quantitative estimate of drug-likeness (QED) is 0.542. The molecule has 5 heteroatoms. The summed E-state index contributed by atoms with van der Waals surface area (Å²) in [7, 11) is 0. The number of nitrogens with zero attached hydrogens (tertiary/aromatic N) is 1. The van der Waals surface area contributed by atoms with Crippen LogP contribution in [0, 0.1) is 0 Å². The van der Waals surface area contributed by atoms with Crippen LogP contribution in [-0.4, -0.2) is 16.9 Å². The van der Waals surface area contributed by atoms with Crippen molar-refractivity contribution in [3.63, 3.8) is 0 Å². The molecule has 0 unspecified atom stereocenters. The zero-order chi connectivity index (χ0) is 18.6. The predicted molar refractivity (Wildman–Crippen MR) is 112 cm³/mol. The third-order valence-electron chi connectivity index (χ3n) is 4.50. The van der Waals surface area contributed by atoms with Gasteiger partial charge in [0.2, 0.25) is 5.91 Å². The fourth-order valence-electron chi connectivity index (χ4n) is 3.05. The number of pyridine rings is 1. The van der Waals surface area contributed by atoms with Gasteiger partial charge in [0.15, 0.2) is 0 Å². The number of carbonyl (C=O) groups excluding carboxylic acids is 1. The Morgan fingerprint density at radius 2 is 1.70 bits per heavy atom. The van der Waals surface area contributed by atoms with E-state index in [1.54, 1.807) is 23.7 Å². The van der Waals surface area contributed by atoms with Gasteiger partial charge in [-0.1, -0.05) is 30.3 Å². The summed E-state index contributed by atoms with van der Waals surface area (Å²) in [4.78, 5) is 16.5. The van der Waals surface area contributed by atoms with Crippen molar-refractivity contribution in [2.45, 2.75) is 12.5 Å². The molecule has 27 heavy (non-hydrogen) atoms. The predicted octanol–water partition coefficient (Wildman–Crippen LogP) is 4.47. The fourth-order valence-corrected chi connectivity index (χ4v) is 4.02. The number of nitrogens with two attached hydrogens (primary N) is 1. The van der Waals surface area contributed by atoms with Gasteiger partial charge in [0.1, 0.15) is 0 Å². The average molecular weight is 373 g/mol. The molecular formula is C22H19N3OS. The van der Waals surface area contributed by atoms with Gasteiger partial charge in [-0.05, 0) is 64.2 Å². The van der Waals surface area contributed by atoms with Crippen molar-refractivity contribution >= 4 is 33.0 Å². The van der Waals surface area contributed by atoms with Gasteiger partial charge in [-0.15, -0.1) is 11.3 Å². The first-order valence-electron chi connectivity index (χ1n) is 8.73. The summed E-state index contributed by atoms with van der Waals surface area (Å²) in [5.74, 6) is -0.179. The molecule has 2 aromatic carbocycles. The second kappa shape index (κ2) is 7.70. The van der Waals surface area contributed by atoms with E-state index < -0.39 is 6.04 Å². The van der Waals surface area contributed by atoms with Crippen molar-refractivity contribution in [2.24, 2.45) is 5.73 Å². The SMILES string of the molecule is N[C@H](Cc1csc2ccccc12)C(=O)Nc1ccc(-c2ccncc2)cc1. The molecule has 0 saturated heterocycles. The van der Waals surface area contributed by atoms with Crippen molar-refractivity contribution < 1.29 is 4.79 Å². The van der Waals surface area contributed by atoms with Crippen LogP contribution in [0.5, 0.6) is 0 Å². The molecule has 0 radical (unpaired) electrons. The third kappa shape index (κ3) is 3.89.